The smallest absolute Gasteiger partial charge is 0.309 e. The van der Waals surface area contributed by atoms with Crippen molar-refractivity contribution in [1.82, 2.24) is 4.98 Å². The Morgan fingerprint density at radius 3 is 2.38 bits per heavy atom. The lowest BCUT2D eigenvalue weighted by Gasteiger charge is -2.26. The number of para-hydroxylation sites is 1. The average molecular weight is 514 g/mol. The molecule has 2 aromatic carbocycles. The lowest BCUT2D eigenvalue weighted by Crippen LogP contribution is -2.45. The molecule has 3 aromatic rings. The molecule has 1 aliphatic rings. The van der Waals surface area contributed by atoms with Gasteiger partial charge in [0.15, 0.2) is 0 Å². The van der Waals surface area contributed by atoms with Gasteiger partial charge in [-0.2, -0.15) is 0 Å². The van der Waals surface area contributed by atoms with E-state index in [2.05, 4.69) is 0 Å². The zero-order valence-electron chi connectivity index (χ0n) is 20.9. The highest BCUT2D eigenvalue weighted by Gasteiger charge is 2.46. The molecule has 2 atom stereocenters. The summed E-state index contributed by atoms with van der Waals surface area (Å²) in [7, 11) is 0. The average Bonchev–Trinajstić information content (AvgIpc) is 3.66. The molecule has 0 amide bonds. The molecule has 0 saturated heterocycles. The SMILES string of the molecule is CC(C)(C)OC(=O)CC(O)C(F)(F)C(O)/C=C/c1c(C2CC2)nc2ccccc2c1-c1ccc(F)cc1. The first-order chi connectivity index (χ1) is 17.4. The number of pyridine rings is 1. The van der Waals surface area contributed by atoms with Gasteiger partial charge in [0.25, 0.3) is 0 Å². The summed E-state index contributed by atoms with van der Waals surface area (Å²) in [5.41, 5.74) is 2.44. The van der Waals surface area contributed by atoms with Gasteiger partial charge in [-0.05, 0) is 63.5 Å². The summed E-state index contributed by atoms with van der Waals surface area (Å²) in [6, 6.07) is 13.3. The molecular weight excluding hydrogens is 483 g/mol. The zero-order valence-corrected chi connectivity index (χ0v) is 20.9. The van der Waals surface area contributed by atoms with Crippen molar-refractivity contribution in [2.75, 3.05) is 0 Å². The summed E-state index contributed by atoms with van der Waals surface area (Å²) < 4.78 is 48.5. The highest BCUT2D eigenvalue weighted by Crippen LogP contribution is 2.45. The maximum atomic E-state index is 14.9. The number of fused-ring (bicyclic) bond motifs is 1. The van der Waals surface area contributed by atoms with E-state index in [9.17, 15) is 28.2 Å². The molecule has 2 N–H and O–H groups in total. The minimum absolute atomic E-state index is 0.138. The van der Waals surface area contributed by atoms with Gasteiger partial charge in [0.1, 0.15) is 23.6 Å². The molecule has 1 fully saturated rings. The third-order valence-electron chi connectivity index (χ3n) is 6.12. The first-order valence-corrected chi connectivity index (χ1v) is 12.2. The number of aliphatic hydroxyl groups excluding tert-OH is 2. The van der Waals surface area contributed by atoms with Gasteiger partial charge in [-0.15, -0.1) is 0 Å². The lowest BCUT2D eigenvalue weighted by molar-refractivity contribution is -0.180. The van der Waals surface area contributed by atoms with Gasteiger partial charge < -0.3 is 14.9 Å². The highest BCUT2D eigenvalue weighted by molar-refractivity contribution is 5.99. The van der Waals surface area contributed by atoms with E-state index in [0.29, 0.717) is 22.4 Å². The quantitative estimate of drug-likeness (QED) is 0.360. The van der Waals surface area contributed by atoms with Crippen LogP contribution in [0.4, 0.5) is 13.2 Å². The Labute approximate surface area is 213 Å². The maximum absolute atomic E-state index is 14.9. The van der Waals surface area contributed by atoms with Gasteiger partial charge in [-0.1, -0.05) is 36.4 Å². The summed E-state index contributed by atoms with van der Waals surface area (Å²) in [5, 5.41) is 21.2. The number of carbonyl (C=O) groups excluding carboxylic acids is 1. The molecular formula is C29H30F3NO4. The minimum Gasteiger partial charge on any atom is -0.460 e. The van der Waals surface area contributed by atoms with E-state index in [-0.39, 0.29) is 5.92 Å². The first kappa shape index (κ1) is 26.8. The number of benzene rings is 2. The molecule has 1 aromatic heterocycles. The number of aliphatic hydroxyl groups is 2. The van der Waals surface area contributed by atoms with Crippen LogP contribution in [0.15, 0.2) is 54.6 Å². The lowest BCUT2D eigenvalue weighted by atomic mass is 9.92. The van der Waals surface area contributed by atoms with Gasteiger partial charge in [0, 0.05) is 22.4 Å². The van der Waals surface area contributed by atoms with Crippen LogP contribution in [0.5, 0.6) is 0 Å². The van der Waals surface area contributed by atoms with Gasteiger partial charge >= 0.3 is 11.9 Å². The van der Waals surface area contributed by atoms with Crippen molar-refractivity contribution < 1.29 is 32.9 Å². The van der Waals surface area contributed by atoms with E-state index in [1.165, 1.54) is 18.2 Å². The second kappa shape index (κ2) is 10.3. The van der Waals surface area contributed by atoms with Crippen LogP contribution in [0.3, 0.4) is 0 Å². The maximum Gasteiger partial charge on any atom is 0.309 e. The number of hydrogen-bond donors (Lipinski definition) is 2. The standard InChI is InChI=1S/C29H30F3NO4/c1-28(2,3)37-25(36)16-24(35)29(31,32)23(34)15-14-21-26(17-10-12-19(30)13-11-17)20-6-4-5-7-22(20)33-27(21)18-8-9-18/h4-7,10-15,18,23-24,34-35H,8-9,16H2,1-3H3/b15-14+. The molecule has 0 radical (unpaired) electrons. The Hall–Kier alpha value is -3.23. The predicted molar refractivity (Wildman–Crippen MR) is 136 cm³/mol. The molecule has 196 valence electrons. The van der Waals surface area contributed by atoms with Crippen LogP contribution in [0.1, 0.15) is 57.2 Å². The molecule has 1 heterocycles. The Bertz CT molecular complexity index is 1310. The zero-order chi connectivity index (χ0) is 27.0. The van der Waals surface area contributed by atoms with E-state index >= 15 is 0 Å². The Morgan fingerprint density at radius 2 is 1.76 bits per heavy atom. The van der Waals surface area contributed by atoms with Crippen molar-refractivity contribution in [2.24, 2.45) is 0 Å². The summed E-state index contributed by atoms with van der Waals surface area (Å²) >= 11 is 0. The molecule has 1 aliphatic carbocycles. The summed E-state index contributed by atoms with van der Waals surface area (Å²) in [6.45, 7) is 4.75. The number of esters is 1. The number of carbonyl (C=O) groups is 1. The number of ether oxygens (including phenoxy) is 1. The van der Waals surface area contributed by atoms with Gasteiger partial charge in [0.05, 0.1) is 17.6 Å². The summed E-state index contributed by atoms with van der Waals surface area (Å²) in [4.78, 5) is 16.7. The van der Waals surface area contributed by atoms with Gasteiger partial charge in [0.2, 0.25) is 0 Å². The molecule has 5 nitrogen and oxygen atoms in total. The normalized spacial score (nSPS) is 16.2. The number of halogens is 3. The Balaban J connectivity index is 1.72. The fourth-order valence-corrected chi connectivity index (χ4v) is 4.20. The second-order valence-corrected chi connectivity index (χ2v) is 10.4. The van der Waals surface area contributed by atoms with Crippen LogP contribution in [0.2, 0.25) is 0 Å². The number of rotatable bonds is 8. The van der Waals surface area contributed by atoms with E-state index in [1.807, 2.05) is 24.3 Å². The van der Waals surface area contributed by atoms with Crippen molar-refractivity contribution >= 4 is 22.9 Å². The van der Waals surface area contributed by atoms with Gasteiger partial charge in [-0.25, -0.2) is 13.2 Å². The first-order valence-electron chi connectivity index (χ1n) is 12.2. The molecule has 0 bridgehead atoms. The van der Waals surface area contributed by atoms with Crippen LogP contribution in [-0.2, 0) is 9.53 Å². The van der Waals surface area contributed by atoms with Crippen molar-refractivity contribution in [2.45, 2.75) is 69.7 Å². The number of alkyl halides is 2. The molecule has 4 rings (SSSR count). The number of hydrogen-bond acceptors (Lipinski definition) is 5. The van der Waals surface area contributed by atoms with E-state index in [0.717, 1.165) is 29.8 Å². The topological polar surface area (TPSA) is 79.7 Å². The van der Waals surface area contributed by atoms with Crippen molar-refractivity contribution in [3.05, 3.63) is 71.7 Å². The summed E-state index contributed by atoms with van der Waals surface area (Å²) in [5.74, 6) is -5.29. The van der Waals surface area contributed by atoms with Crippen LogP contribution in [0.25, 0.3) is 28.1 Å². The third kappa shape index (κ3) is 6.19. The molecule has 1 saturated carbocycles. The van der Waals surface area contributed by atoms with Crippen LogP contribution in [0, 0.1) is 5.82 Å². The van der Waals surface area contributed by atoms with Crippen molar-refractivity contribution in [3.63, 3.8) is 0 Å². The molecule has 8 heteroatoms. The Kier molecular flexibility index (Phi) is 7.44. The van der Waals surface area contributed by atoms with Crippen LogP contribution < -0.4 is 0 Å². The number of aromatic nitrogens is 1. The van der Waals surface area contributed by atoms with Gasteiger partial charge in [-0.3, -0.25) is 9.78 Å². The molecule has 37 heavy (non-hydrogen) atoms. The van der Waals surface area contributed by atoms with E-state index in [4.69, 9.17) is 9.72 Å². The molecule has 0 spiro atoms. The molecule has 0 aliphatic heterocycles. The molecule has 2 unspecified atom stereocenters. The van der Waals surface area contributed by atoms with Crippen LogP contribution in [-0.4, -0.2) is 44.9 Å². The van der Waals surface area contributed by atoms with Crippen molar-refractivity contribution in [3.8, 4) is 11.1 Å². The fraction of sp³-hybridized carbons (Fsp3) is 0.379. The second-order valence-electron chi connectivity index (χ2n) is 10.4. The highest BCUT2D eigenvalue weighted by atomic mass is 19.3. The fourth-order valence-electron chi connectivity index (χ4n) is 4.20. The monoisotopic (exact) mass is 513 g/mol. The van der Waals surface area contributed by atoms with Crippen LogP contribution >= 0.6 is 0 Å². The van der Waals surface area contributed by atoms with E-state index < -0.39 is 41.9 Å². The minimum atomic E-state index is -4.02. The van der Waals surface area contributed by atoms with E-state index in [1.54, 1.807) is 32.9 Å². The number of nitrogens with zero attached hydrogens (tertiary/aromatic N) is 1. The van der Waals surface area contributed by atoms with Crippen molar-refractivity contribution in [1.29, 1.82) is 0 Å². The predicted octanol–water partition coefficient (Wildman–Crippen LogP) is 6.02. The summed E-state index contributed by atoms with van der Waals surface area (Å²) in [6.07, 6.45) is -1.74. The third-order valence-corrected chi connectivity index (χ3v) is 6.12. The Morgan fingerprint density at radius 1 is 1.11 bits per heavy atom. The largest absolute Gasteiger partial charge is 0.460 e.